The van der Waals surface area contributed by atoms with E-state index in [9.17, 15) is 18.0 Å². The van der Waals surface area contributed by atoms with Gasteiger partial charge in [0.2, 0.25) is 11.8 Å². The number of aryl methyl sites for hydroxylation is 3. The van der Waals surface area contributed by atoms with E-state index in [1.54, 1.807) is 37.3 Å². The van der Waals surface area contributed by atoms with Crippen LogP contribution < -0.4 is 9.62 Å². The number of rotatable bonds is 10. The number of nitrogens with zero attached hydrogens (tertiary/aromatic N) is 2. The van der Waals surface area contributed by atoms with Crippen LogP contribution in [0.2, 0.25) is 0 Å². The van der Waals surface area contributed by atoms with Gasteiger partial charge in [-0.3, -0.25) is 13.9 Å². The first-order valence-corrected chi connectivity index (χ1v) is 16.7. The van der Waals surface area contributed by atoms with Crippen molar-refractivity contribution in [3.63, 3.8) is 0 Å². The highest BCUT2D eigenvalue weighted by Crippen LogP contribution is 2.29. The summed E-state index contributed by atoms with van der Waals surface area (Å²) in [6, 6.07) is 18.9. The zero-order valence-electron chi connectivity index (χ0n) is 24.8. The van der Waals surface area contributed by atoms with Gasteiger partial charge in [0.1, 0.15) is 12.6 Å². The molecule has 0 unspecified atom stereocenters. The van der Waals surface area contributed by atoms with E-state index in [4.69, 9.17) is 0 Å². The lowest BCUT2D eigenvalue weighted by Crippen LogP contribution is -2.53. The number of amides is 2. The Hall–Kier alpha value is -3.17. The molecule has 2 amide bonds. The predicted octanol–water partition coefficient (Wildman–Crippen LogP) is 6.44. The molecule has 3 aromatic rings. The van der Waals surface area contributed by atoms with Crippen LogP contribution in [0.1, 0.15) is 61.3 Å². The van der Waals surface area contributed by atoms with Crippen LogP contribution in [0.4, 0.5) is 5.69 Å². The highest BCUT2D eigenvalue weighted by molar-refractivity contribution is 9.10. The molecule has 42 heavy (non-hydrogen) atoms. The first-order chi connectivity index (χ1) is 20.0. The number of hydrogen-bond donors (Lipinski definition) is 1. The first kappa shape index (κ1) is 31.8. The standard InChI is InChI=1S/C33H40BrN3O4S/c1-23-10-17-30(18-11-23)42(40,41)37(31-19-12-24(2)20-25(31)3)22-32(38)36(21-27-13-15-28(34)16-14-27)26(4)33(39)35-29-8-6-5-7-9-29/h10-20,26,29H,5-9,21-22H2,1-4H3,(H,35,39)/t26-/m1/s1. The molecule has 7 nitrogen and oxygen atoms in total. The molecular weight excluding hydrogens is 614 g/mol. The minimum atomic E-state index is -4.10. The number of carbonyl (C=O) groups is 2. The molecule has 3 aromatic carbocycles. The maximum Gasteiger partial charge on any atom is 0.264 e. The summed E-state index contributed by atoms with van der Waals surface area (Å²) in [7, 11) is -4.10. The highest BCUT2D eigenvalue weighted by atomic mass is 79.9. The van der Waals surface area contributed by atoms with E-state index >= 15 is 0 Å². The number of carbonyl (C=O) groups excluding carboxylic acids is 2. The second-order valence-corrected chi connectivity index (χ2v) is 14.1. The van der Waals surface area contributed by atoms with Crippen LogP contribution in [0.5, 0.6) is 0 Å². The van der Waals surface area contributed by atoms with Crippen molar-refractivity contribution >= 4 is 43.5 Å². The number of anilines is 1. The minimum Gasteiger partial charge on any atom is -0.352 e. The van der Waals surface area contributed by atoms with Crippen molar-refractivity contribution < 1.29 is 18.0 Å². The molecular formula is C33H40BrN3O4S. The Morgan fingerprint density at radius 3 is 2.14 bits per heavy atom. The molecule has 0 heterocycles. The van der Waals surface area contributed by atoms with Crippen LogP contribution in [0.25, 0.3) is 0 Å². The SMILES string of the molecule is Cc1ccc(S(=O)(=O)N(CC(=O)N(Cc2ccc(Br)cc2)[C@H](C)C(=O)NC2CCCCC2)c2ccc(C)cc2C)cc1. The molecule has 1 N–H and O–H groups in total. The zero-order chi connectivity index (χ0) is 30.4. The molecule has 1 fully saturated rings. The fourth-order valence-electron chi connectivity index (χ4n) is 5.37. The van der Waals surface area contributed by atoms with Crippen molar-refractivity contribution in [2.75, 3.05) is 10.8 Å². The Morgan fingerprint density at radius 1 is 0.905 bits per heavy atom. The van der Waals surface area contributed by atoms with E-state index in [1.807, 2.05) is 57.2 Å². The van der Waals surface area contributed by atoms with Crippen molar-refractivity contribution in [2.45, 2.75) is 83.3 Å². The average molecular weight is 655 g/mol. The van der Waals surface area contributed by atoms with Crippen molar-refractivity contribution in [3.05, 3.63) is 93.5 Å². The van der Waals surface area contributed by atoms with Crippen LogP contribution in [0.15, 0.2) is 76.1 Å². The van der Waals surface area contributed by atoms with Crippen LogP contribution in [0, 0.1) is 20.8 Å². The van der Waals surface area contributed by atoms with E-state index in [1.165, 1.54) is 15.6 Å². The predicted molar refractivity (Wildman–Crippen MR) is 171 cm³/mol. The third kappa shape index (κ3) is 7.81. The van der Waals surface area contributed by atoms with Gasteiger partial charge in [-0.1, -0.05) is 82.7 Å². The smallest absolute Gasteiger partial charge is 0.264 e. The Bertz CT molecular complexity index is 1500. The lowest BCUT2D eigenvalue weighted by molar-refractivity contribution is -0.139. The van der Waals surface area contributed by atoms with Gasteiger partial charge in [-0.05, 0) is 82.0 Å². The maximum atomic E-state index is 14.2. The largest absolute Gasteiger partial charge is 0.352 e. The summed E-state index contributed by atoms with van der Waals surface area (Å²) in [5, 5.41) is 3.14. The van der Waals surface area contributed by atoms with Gasteiger partial charge >= 0.3 is 0 Å². The van der Waals surface area contributed by atoms with Gasteiger partial charge in [0.15, 0.2) is 0 Å². The van der Waals surface area contributed by atoms with Crippen molar-refractivity contribution in [1.29, 1.82) is 0 Å². The number of halogens is 1. The van der Waals surface area contributed by atoms with Gasteiger partial charge in [-0.15, -0.1) is 0 Å². The first-order valence-electron chi connectivity index (χ1n) is 14.5. The second kappa shape index (κ2) is 13.9. The Balaban J connectivity index is 1.69. The summed E-state index contributed by atoms with van der Waals surface area (Å²) >= 11 is 3.45. The van der Waals surface area contributed by atoms with Gasteiger partial charge in [0.25, 0.3) is 10.0 Å². The average Bonchev–Trinajstić information content (AvgIpc) is 2.96. The molecule has 0 aromatic heterocycles. The Kier molecular flexibility index (Phi) is 10.5. The summed E-state index contributed by atoms with van der Waals surface area (Å²) < 4.78 is 30.2. The molecule has 1 atom stereocenters. The van der Waals surface area contributed by atoms with E-state index < -0.39 is 28.5 Å². The van der Waals surface area contributed by atoms with E-state index in [-0.39, 0.29) is 23.4 Å². The Morgan fingerprint density at radius 2 is 1.52 bits per heavy atom. The maximum absolute atomic E-state index is 14.2. The molecule has 1 aliphatic carbocycles. The zero-order valence-corrected chi connectivity index (χ0v) is 27.2. The summed E-state index contributed by atoms with van der Waals surface area (Å²) in [5.74, 6) is -0.688. The molecule has 0 saturated heterocycles. The fraction of sp³-hybridized carbons (Fsp3) is 0.394. The van der Waals surface area contributed by atoms with Crippen LogP contribution >= 0.6 is 15.9 Å². The minimum absolute atomic E-state index is 0.0898. The monoisotopic (exact) mass is 653 g/mol. The summed E-state index contributed by atoms with van der Waals surface area (Å²) in [6.45, 7) is 7.10. The summed E-state index contributed by atoms with van der Waals surface area (Å²) in [5.41, 5.74) is 3.92. The van der Waals surface area contributed by atoms with E-state index in [0.29, 0.717) is 5.69 Å². The van der Waals surface area contributed by atoms with Crippen LogP contribution in [0.3, 0.4) is 0 Å². The van der Waals surface area contributed by atoms with Gasteiger partial charge < -0.3 is 10.2 Å². The fourth-order valence-corrected chi connectivity index (χ4v) is 7.12. The normalized spacial score (nSPS) is 14.7. The molecule has 1 aliphatic rings. The van der Waals surface area contributed by atoms with E-state index in [2.05, 4.69) is 21.2 Å². The molecule has 4 rings (SSSR count). The summed E-state index contributed by atoms with van der Waals surface area (Å²) in [6.07, 6.45) is 5.16. The van der Waals surface area contributed by atoms with Crippen molar-refractivity contribution in [3.8, 4) is 0 Å². The Labute approximate surface area is 258 Å². The molecule has 9 heteroatoms. The van der Waals surface area contributed by atoms with Crippen LogP contribution in [-0.4, -0.2) is 43.8 Å². The molecule has 0 aliphatic heterocycles. The van der Waals surface area contributed by atoms with Crippen molar-refractivity contribution in [2.24, 2.45) is 0 Å². The van der Waals surface area contributed by atoms with Gasteiger partial charge in [-0.2, -0.15) is 0 Å². The second-order valence-electron chi connectivity index (χ2n) is 11.3. The van der Waals surface area contributed by atoms with Gasteiger partial charge in [0, 0.05) is 17.1 Å². The number of sulfonamides is 1. The number of hydrogen-bond acceptors (Lipinski definition) is 4. The molecule has 0 radical (unpaired) electrons. The summed E-state index contributed by atoms with van der Waals surface area (Å²) in [4.78, 5) is 29.2. The quantitative estimate of drug-likeness (QED) is 0.273. The third-order valence-corrected chi connectivity index (χ3v) is 10.2. The lowest BCUT2D eigenvalue weighted by atomic mass is 9.95. The van der Waals surface area contributed by atoms with Gasteiger partial charge in [-0.25, -0.2) is 8.42 Å². The highest BCUT2D eigenvalue weighted by Gasteiger charge is 2.33. The molecule has 1 saturated carbocycles. The number of nitrogens with one attached hydrogen (secondary N) is 1. The molecule has 0 bridgehead atoms. The number of benzene rings is 3. The topological polar surface area (TPSA) is 86.8 Å². The van der Waals surface area contributed by atoms with E-state index in [0.717, 1.165) is 52.4 Å². The molecule has 0 spiro atoms. The third-order valence-electron chi connectivity index (χ3n) is 7.89. The van der Waals surface area contributed by atoms with Crippen molar-refractivity contribution in [1.82, 2.24) is 10.2 Å². The van der Waals surface area contributed by atoms with Gasteiger partial charge in [0.05, 0.1) is 10.6 Å². The lowest BCUT2D eigenvalue weighted by Gasteiger charge is -2.33. The van der Waals surface area contributed by atoms with Crippen LogP contribution in [-0.2, 0) is 26.2 Å². The molecule has 224 valence electrons.